The molecule has 1 aromatic rings. The molecule has 2 rings (SSSR count). The Balaban J connectivity index is 2.28. The zero-order chi connectivity index (χ0) is 11.5. The highest BCUT2D eigenvalue weighted by Crippen LogP contribution is 2.34. The van der Waals surface area contributed by atoms with E-state index in [0.717, 1.165) is 10.8 Å². The van der Waals surface area contributed by atoms with Crippen molar-refractivity contribution in [2.45, 2.75) is 23.8 Å². The van der Waals surface area contributed by atoms with Crippen molar-refractivity contribution in [1.82, 2.24) is 9.88 Å². The minimum absolute atomic E-state index is 0.532. The molecular weight excluding hydrogens is 220 g/mol. The van der Waals surface area contributed by atoms with Crippen LogP contribution in [0.1, 0.15) is 24.4 Å². The highest BCUT2D eigenvalue weighted by molar-refractivity contribution is 7.98. The second-order valence-electron chi connectivity index (χ2n) is 4.12. The first-order chi connectivity index (χ1) is 7.76. The molecule has 4 heteroatoms. The Morgan fingerprint density at radius 1 is 1.56 bits per heavy atom. The second-order valence-corrected chi connectivity index (χ2v) is 4.97. The number of pyridine rings is 1. The maximum atomic E-state index is 5.24. The van der Waals surface area contributed by atoms with E-state index in [0.29, 0.717) is 6.04 Å². The lowest BCUT2D eigenvalue weighted by Gasteiger charge is -2.20. The summed E-state index contributed by atoms with van der Waals surface area (Å²) in [5, 5.41) is 0. The van der Waals surface area contributed by atoms with Crippen molar-refractivity contribution in [3.05, 3.63) is 17.8 Å². The van der Waals surface area contributed by atoms with Crippen LogP contribution in [0.4, 0.5) is 0 Å². The largest absolute Gasteiger partial charge is 0.480 e. The number of nitrogens with zero attached hydrogens (tertiary/aromatic N) is 2. The van der Waals surface area contributed by atoms with Gasteiger partial charge in [-0.2, -0.15) is 0 Å². The molecule has 0 aromatic carbocycles. The highest BCUT2D eigenvalue weighted by Gasteiger charge is 2.23. The van der Waals surface area contributed by atoms with Gasteiger partial charge >= 0.3 is 0 Å². The molecule has 1 aliphatic heterocycles. The Hall–Kier alpha value is -0.740. The monoisotopic (exact) mass is 238 g/mol. The summed E-state index contributed by atoms with van der Waals surface area (Å²) in [5.74, 6) is 0.733. The van der Waals surface area contributed by atoms with E-state index in [9.17, 15) is 0 Å². The molecule has 1 aliphatic rings. The van der Waals surface area contributed by atoms with Gasteiger partial charge in [0, 0.05) is 12.2 Å². The number of hydrogen-bond acceptors (Lipinski definition) is 4. The quantitative estimate of drug-likeness (QED) is 0.756. The van der Waals surface area contributed by atoms with E-state index in [1.807, 2.05) is 6.20 Å². The van der Waals surface area contributed by atoms with Crippen LogP contribution in [0.2, 0.25) is 0 Å². The van der Waals surface area contributed by atoms with E-state index in [2.05, 4.69) is 29.3 Å². The van der Waals surface area contributed by atoms with Gasteiger partial charge in [0.05, 0.1) is 12.0 Å². The number of rotatable bonds is 3. The van der Waals surface area contributed by atoms with Gasteiger partial charge in [0.1, 0.15) is 0 Å². The van der Waals surface area contributed by atoms with Crippen LogP contribution in [-0.4, -0.2) is 36.8 Å². The molecule has 2 heterocycles. The molecule has 1 aromatic heterocycles. The van der Waals surface area contributed by atoms with Gasteiger partial charge in [0.15, 0.2) is 0 Å². The average molecular weight is 238 g/mol. The zero-order valence-electron chi connectivity index (χ0n) is 10.1. The Kier molecular flexibility index (Phi) is 3.71. The lowest BCUT2D eigenvalue weighted by atomic mass is 10.1. The Morgan fingerprint density at radius 3 is 2.94 bits per heavy atom. The lowest BCUT2D eigenvalue weighted by molar-refractivity contribution is 0.315. The van der Waals surface area contributed by atoms with E-state index < -0.39 is 0 Å². The molecule has 0 saturated carbocycles. The summed E-state index contributed by atoms with van der Waals surface area (Å²) in [7, 11) is 3.85. The molecule has 0 spiro atoms. The molecule has 16 heavy (non-hydrogen) atoms. The van der Waals surface area contributed by atoms with E-state index in [4.69, 9.17) is 4.74 Å². The molecule has 1 saturated heterocycles. The number of methoxy groups -OCH3 is 1. The third kappa shape index (κ3) is 2.18. The molecule has 0 radical (unpaired) electrons. The fourth-order valence-corrected chi connectivity index (χ4v) is 2.82. The van der Waals surface area contributed by atoms with Crippen molar-refractivity contribution in [2.24, 2.45) is 0 Å². The molecule has 0 bridgehead atoms. The molecule has 0 aliphatic carbocycles. The predicted molar refractivity (Wildman–Crippen MR) is 67.2 cm³/mol. The summed E-state index contributed by atoms with van der Waals surface area (Å²) in [5.41, 5.74) is 1.31. The normalized spacial score (nSPS) is 21.3. The fourth-order valence-electron chi connectivity index (χ4n) is 2.26. The summed E-state index contributed by atoms with van der Waals surface area (Å²) < 4.78 is 5.24. The molecule has 0 amide bonds. The number of ether oxygens (including phenoxy) is 1. The summed E-state index contributed by atoms with van der Waals surface area (Å²) in [4.78, 5) is 7.90. The van der Waals surface area contributed by atoms with Crippen LogP contribution in [0.3, 0.4) is 0 Å². The fraction of sp³-hybridized carbons (Fsp3) is 0.583. The van der Waals surface area contributed by atoms with E-state index in [1.165, 1.54) is 24.9 Å². The topological polar surface area (TPSA) is 25.4 Å². The van der Waals surface area contributed by atoms with Crippen molar-refractivity contribution in [3.63, 3.8) is 0 Å². The van der Waals surface area contributed by atoms with E-state index >= 15 is 0 Å². The van der Waals surface area contributed by atoms with Gasteiger partial charge in [0.2, 0.25) is 5.88 Å². The summed E-state index contributed by atoms with van der Waals surface area (Å²) >= 11 is 1.69. The van der Waals surface area contributed by atoms with Crippen molar-refractivity contribution >= 4 is 11.8 Å². The molecular formula is C12H18N2OS. The van der Waals surface area contributed by atoms with Gasteiger partial charge in [-0.15, -0.1) is 11.8 Å². The van der Waals surface area contributed by atoms with Gasteiger partial charge in [-0.05, 0) is 44.3 Å². The van der Waals surface area contributed by atoms with Gasteiger partial charge in [-0.3, -0.25) is 4.90 Å². The third-order valence-corrected chi connectivity index (χ3v) is 3.89. The highest BCUT2D eigenvalue weighted by atomic mass is 32.2. The summed E-state index contributed by atoms with van der Waals surface area (Å²) in [6.45, 7) is 1.19. The third-order valence-electron chi connectivity index (χ3n) is 3.16. The minimum Gasteiger partial charge on any atom is -0.480 e. The van der Waals surface area contributed by atoms with Crippen molar-refractivity contribution in [1.29, 1.82) is 0 Å². The molecule has 3 nitrogen and oxygen atoms in total. The zero-order valence-corrected chi connectivity index (χ0v) is 10.9. The van der Waals surface area contributed by atoms with E-state index in [-0.39, 0.29) is 0 Å². The van der Waals surface area contributed by atoms with Crippen molar-refractivity contribution < 1.29 is 4.74 Å². The number of aromatic nitrogens is 1. The van der Waals surface area contributed by atoms with Crippen LogP contribution in [0.5, 0.6) is 5.88 Å². The predicted octanol–water partition coefficient (Wildman–Crippen LogP) is 2.58. The first-order valence-electron chi connectivity index (χ1n) is 5.54. The first-order valence-corrected chi connectivity index (χ1v) is 6.77. The molecule has 1 atom stereocenters. The van der Waals surface area contributed by atoms with Crippen molar-refractivity contribution in [3.8, 4) is 5.88 Å². The number of hydrogen-bond donors (Lipinski definition) is 0. The molecule has 0 unspecified atom stereocenters. The van der Waals surface area contributed by atoms with Crippen LogP contribution < -0.4 is 4.74 Å². The molecule has 88 valence electrons. The van der Waals surface area contributed by atoms with Gasteiger partial charge in [0.25, 0.3) is 0 Å². The SMILES string of the molecule is COc1ncc([C@@H]2CCCN2C)cc1SC. The standard InChI is InChI=1S/C12H18N2OS/c1-14-6-4-5-10(14)9-7-11(16-3)12(15-2)13-8-9/h7-8,10H,4-6H2,1-3H3/t10-/m0/s1. The summed E-state index contributed by atoms with van der Waals surface area (Å²) in [6, 6.07) is 2.74. The Bertz CT molecular complexity index is 370. The van der Waals surface area contributed by atoms with Crippen LogP contribution >= 0.6 is 11.8 Å². The van der Waals surface area contributed by atoms with Crippen molar-refractivity contribution in [2.75, 3.05) is 27.0 Å². The van der Waals surface area contributed by atoms with Crippen LogP contribution in [-0.2, 0) is 0 Å². The first kappa shape index (κ1) is 11.7. The maximum Gasteiger partial charge on any atom is 0.227 e. The maximum absolute atomic E-state index is 5.24. The lowest BCUT2D eigenvalue weighted by Crippen LogP contribution is -2.17. The number of thioether (sulfide) groups is 1. The van der Waals surface area contributed by atoms with Gasteiger partial charge < -0.3 is 4.74 Å². The van der Waals surface area contributed by atoms with Crippen LogP contribution in [0, 0.1) is 0 Å². The Labute approximate surface area is 101 Å². The molecule has 0 N–H and O–H groups in total. The smallest absolute Gasteiger partial charge is 0.227 e. The minimum atomic E-state index is 0.532. The van der Waals surface area contributed by atoms with Gasteiger partial charge in [-0.25, -0.2) is 4.98 Å². The Morgan fingerprint density at radius 2 is 2.38 bits per heavy atom. The number of likely N-dealkylation sites (tertiary alicyclic amines) is 1. The van der Waals surface area contributed by atoms with Crippen LogP contribution in [0.25, 0.3) is 0 Å². The second kappa shape index (κ2) is 5.06. The van der Waals surface area contributed by atoms with Crippen LogP contribution in [0.15, 0.2) is 17.2 Å². The summed E-state index contributed by atoms with van der Waals surface area (Å²) in [6.07, 6.45) is 6.52. The average Bonchev–Trinajstić information content (AvgIpc) is 2.74. The molecule has 1 fully saturated rings. The van der Waals surface area contributed by atoms with E-state index in [1.54, 1.807) is 18.9 Å². The van der Waals surface area contributed by atoms with Gasteiger partial charge in [-0.1, -0.05) is 0 Å².